The van der Waals surface area contributed by atoms with Gasteiger partial charge in [-0.05, 0) is 19.4 Å². The van der Waals surface area contributed by atoms with Crippen LogP contribution in [0.3, 0.4) is 0 Å². The molecule has 6 heteroatoms. The fraction of sp³-hybridized carbons (Fsp3) is 0.417. The molecular formula is C12H13ClF2N2S. The van der Waals surface area contributed by atoms with Gasteiger partial charge in [0.2, 0.25) is 0 Å². The van der Waals surface area contributed by atoms with Crippen molar-refractivity contribution in [2.75, 3.05) is 5.32 Å². The van der Waals surface area contributed by atoms with Crippen LogP contribution in [0.15, 0.2) is 17.1 Å². The Morgan fingerprint density at radius 2 is 2.11 bits per heavy atom. The molecule has 1 heterocycles. The molecule has 1 aromatic rings. The van der Waals surface area contributed by atoms with Gasteiger partial charge in [0.1, 0.15) is 5.82 Å². The minimum absolute atomic E-state index is 0.0154. The van der Waals surface area contributed by atoms with Gasteiger partial charge >= 0.3 is 0 Å². The SMILES string of the molecule is CC1CC(C)SC(Nc2c(F)cc(F)cc2Cl)=N1. The molecule has 0 aromatic heterocycles. The smallest absolute Gasteiger partial charge is 0.161 e. The van der Waals surface area contributed by atoms with Crippen LogP contribution in [-0.2, 0) is 0 Å². The van der Waals surface area contributed by atoms with Gasteiger partial charge in [-0.25, -0.2) is 8.78 Å². The second kappa shape index (κ2) is 5.45. The number of halogens is 3. The average Bonchev–Trinajstić information content (AvgIpc) is 2.22. The Balaban J connectivity index is 2.24. The first kappa shape index (κ1) is 13.6. The van der Waals surface area contributed by atoms with Crippen LogP contribution < -0.4 is 5.32 Å². The van der Waals surface area contributed by atoms with E-state index in [4.69, 9.17) is 11.6 Å². The Kier molecular flexibility index (Phi) is 4.12. The van der Waals surface area contributed by atoms with Gasteiger partial charge in [0.05, 0.1) is 16.8 Å². The lowest BCUT2D eigenvalue weighted by atomic mass is 10.2. The van der Waals surface area contributed by atoms with E-state index in [-0.39, 0.29) is 16.8 Å². The van der Waals surface area contributed by atoms with Crippen molar-refractivity contribution < 1.29 is 8.78 Å². The summed E-state index contributed by atoms with van der Waals surface area (Å²) in [7, 11) is 0. The highest BCUT2D eigenvalue weighted by Gasteiger charge is 2.20. The Labute approximate surface area is 114 Å². The molecule has 0 amide bonds. The molecule has 2 unspecified atom stereocenters. The molecule has 1 N–H and O–H groups in total. The number of nitrogens with one attached hydrogen (secondary N) is 1. The molecular weight excluding hydrogens is 278 g/mol. The third-order valence-electron chi connectivity index (χ3n) is 2.56. The molecule has 0 saturated carbocycles. The lowest BCUT2D eigenvalue weighted by Gasteiger charge is -2.23. The highest BCUT2D eigenvalue weighted by Crippen LogP contribution is 2.30. The van der Waals surface area contributed by atoms with Crippen LogP contribution in [0.25, 0.3) is 0 Å². The zero-order valence-corrected chi connectivity index (χ0v) is 11.6. The summed E-state index contributed by atoms with van der Waals surface area (Å²) < 4.78 is 26.5. The average molecular weight is 291 g/mol. The molecule has 98 valence electrons. The predicted molar refractivity (Wildman–Crippen MR) is 73.6 cm³/mol. The number of benzene rings is 1. The predicted octanol–water partition coefficient (Wildman–Crippen LogP) is 4.30. The molecule has 0 aliphatic carbocycles. The molecule has 0 bridgehead atoms. The lowest BCUT2D eigenvalue weighted by Crippen LogP contribution is -2.23. The number of aliphatic imine (C=N–C) groups is 1. The van der Waals surface area contributed by atoms with Gasteiger partial charge < -0.3 is 5.32 Å². The van der Waals surface area contributed by atoms with Gasteiger partial charge in [0.25, 0.3) is 0 Å². The van der Waals surface area contributed by atoms with E-state index in [0.717, 1.165) is 18.6 Å². The molecule has 0 radical (unpaired) electrons. The lowest BCUT2D eigenvalue weighted by molar-refractivity contribution is 0.586. The first-order valence-electron chi connectivity index (χ1n) is 5.61. The van der Waals surface area contributed by atoms with Gasteiger partial charge in [0, 0.05) is 11.3 Å². The Morgan fingerprint density at radius 3 is 2.72 bits per heavy atom. The summed E-state index contributed by atoms with van der Waals surface area (Å²) in [5, 5.41) is 3.88. The summed E-state index contributed by atoms with van der Waals surface area (Å²) in [6, 6.07) is 2.06. The molecule has 1 aliphatic heterocycles. The van der Waals surface area contributed by atoms with Crippen LogP contribution in [0.4, 0.5) is 14.5 Å². The fourth-order valence-corrected chi connectivity index (χ4v) is 3.23. The number of amidine groups is 1. The van der Waals surface area contributed by atoms with Gasteiger partial charge in [-0.2, -0.15) is 0 Å². The van der Waals surface area contributed by atoms with Crippen LogP contribution in [0.1, 0.15) is 20.3 Å². The Bertz CT molecular complexity index is 470. The zero-order valence-electron chi connectivity index (χ0n) is 10.0. The Morgan fingerprint density at radius 1 is 1.39 bits per heavy atom. The summed E-state index contributed by atoms with van der Waals surface area (Å²) in [5.74, 6) is -1.41. The van der Waals surface area contributed by atoms with Crippen molar-refractivity contribution in [2.24, 2.45) is 4.99 Å². The summed E-state index contributed by atoms with van der Waals surface area (Å²) >= 11 is 7.35. The van der Waals surface area contributed by atoms with Crippen LogP contribution in [0, 0.1) is 11.6 Å². The van der Waals surface area contributed by atoms with E-state index in [1.807, 2.05) is 6.92 Å². The molecule has 2 atom stereocenters. The summed E-state index contributed by atoms with van der Waals surface area (Å²) in [6.07, 6.45) is 0.982. The number of anilines is 1. The molecule has 18 heavy (non-hydrogen) atoms. The monoisotopic (exact) mass is 290 g/mol. The Hall–Kier alpha value is -0.810. The number of nitrogens with zero attached hydrogens (tertiary/aromatic N) is 1. The van der Waals surface area contributed by atoms with E-state index in [1.165, 1.54) is 11.8 Å². The topological polar surface area (TPSA) is 24.4 Å². The van der Waals surface area contributed by atoms with E-state index in [2.05, 4.69) is 17.2 Å². The zero-order chi connectivity index (χ0) is 13.3. The van der Waals surface area contributed by atoms with Crippen molar-refractivity contribution in [3.63, 3.8) is 0 Å². The maximum Gasteiger partial charge on any atom is 0.161 e. The van der Waals surface area contributed by atoms with Crippen LogP contribution in [0.2, 0.25) is 5.02 Å². The standard InChI is InChI=1S/C12H13ClF2N2S/c1-6-3-7(2)18-12(16-6)17-11-9(13)4-8(14)5-10(11)15/h4-7H,3H2,1-2H3,(H,16,17). The van der Waals surface area contributed by atoms with E-state index in [9.17, 15) is 8.78 Å². The highest BCUT2D eigenvalue weighted by atomic mass is 35.5. The molecule has 0 spiro atoms. The number of hydrogen-bond acceptors (Lipinski definition) is 3. The molecule has 2 nitrogen and oxygen atoms in total. The van der Waals surface area contributed by atoms with Crippen molar-refractivity contribution in [1.82, 2.24) is 0 Å². The molecule has 0 fully saturated rings. The number of hydrogen-bond donors (Lipinski definition) is 1. The van der Waals surface area contributed by atoms with Crippen LogP contribution in [-0.4, -0.2) is 16.5 Å². The maximum atomic E-state index is 13.6. The third kappa shape index (κ3) is 3.14. The quantitative estimate of drug-likeness (QED) is 0.834. The summed E-state index contributed by atoms with van der Waals surface area (Å²) in [6.45, 7) is 4.08. The normalized spacial score (nSPS) is 23.7. The molecule has 1 aromatic carbocycles. The largest absolute Gasteiger partial charge is 0.331 e. The van der Waals surface area contributed by atoms with Gasteiger partial charge in [-0.15, -0.1) is 0 Å². The van der Waals surface area contributed by atoms with E-state index in [1.54, 1.807) is 0 Å². The molecule has 2 rings (SSSR count). The van der Waals surface area contributed by atoms with Crippen molar-refractivity contribution in [3.8, 4) is 0 Å². The second-order valence-electron chi connectivity index (χ2n) is 4.32. The first-order valence-corrected chi connectivity index (χ1v) is 6.87. The highest BCUT2D eigenvalue weighted by molar-refractivity contribution is 8.14. The minimum atomic E-state index is -0.714. The molecule has 0 saturated heterocycles. The van der Waals surface area contributed by atoms with Crippen molar-refractivity contribution >= 4 is 34.2 Å². The van der Waals surface area contributed by atoms with Gasteiger partial charge in [-0.1, -0.05) is 30.3 Å². The summed E-state index contributed by atoms with van der Waals surface area (Å²) in [5.41, 5.74) is 0.0746. The van der Waals surface area contributed by atoms with Crippen LogP contribution in [0.5, 0.6) is 0 Å². The summed E-state index contributed by atoms with van der Waals surface area (Å²) in [4.78, 5) is 4.38. The van der Waals surface area contributed by atoms with Crippen molar-refractivity contribution in [3.05, 3.63) is 28.8 Å². The second-order valence-corrected chi connectivity index (χ2v) is 6.15. The molecule has 1 aliphatic rings. The van der Waals surface area contributed by atoms with Gasteiger partial charge in [-0.3, -0.25) is 4.99 Å². The first-order chi connectivity index (χ1) is 8.45. The van der Waals surface area contributed by atoms with Crippen LogP contribution >= 0.6 is 23.4 Å². The van der Waals surface area contributed by atoms with E-state index in [0.29, 0.717) is 10.4 Å². The van der Waals surface area contributed by atoms with Gasteiger partial charge in [0.15, 0.2) is 11.0 Å². The van der Waals surface area contributed by atoms with Crippen molar-refractivity contribution in [2.45, 2.75) is 31.6 Å². The fourth-order valence-electron chi connectivity index (χ4n) is 1.83. The maximum absolute atomic E-state index is 13.6. The number of rotatable bonds is 1. The minimum Gasteiger partial charge on any atom is -0.331 e. The van der Waals surface area contributed by atoms with E-state index >= 15 is 0 Å². The third-order valence-corrected chi connectivity index (χ3v) is 3.89. The van der Waals surface area contributed by atoms with E-state index < -0.39 is 11.6 Å². The van der Waals surface area contributed by atoms with Crippen molar-refractivity contribution in [1.29, 1.82) is 0 Å². The number of thioether (sulfide) groups is 1.